The largest absolute Gasteiger partial charge is 0.399 e. The van der Waals surface area contributed by atoms with Gasteiger partial charge in [0.05, 0.1) is 5.71 Å². The van der Waals surface area contributed by atoms with E-state index in [2.05, 4.69) is 30.0 Å². The minimum absolute atomic E-state index is 0.900. The molecule has 0 bridgehead atoms. The Hall–Kier alpha value is -1.25. The van der Waals surface area contributed by atoms with Gasteiger partial charge in [0.15, 0.2) is 0 Å². The zero-order valence-electron chi connectivity index (χ0n) is 7.66. The second-order valence-corrected chi connectivity index (χ2v) is 2.73. The molecule has 2 nitrogen and oxygen atoms in total. The van der Waals surface area contributed by atoms with Gasteiger partial charge in [-0.15, -0.1) is 0 Å². The van der Waals surface area contributed by atoms with Gasteiger partial charge in [-0.3, -0.25) is 0 Å². The maximum absolute atomic E-state index is 4.68. The lowest BCUT2D eigenvalue weighted by Gasteiger charge is -1.99. The van der Waals surface area contributed by atoms with Crippen LogP contribution in [0, 0.1) is 0 Å². The number of hydrogen-bond acceptors (Lipinski definition) is 2. The Morgan fingerprint density at radius 2 is 1.92 bits per heavy atom. The molecule has 0 aliphatic carbocycles. The molecule has 1 aromatic rings. The van der Waals surface area contributed by atoms with Crippen molar-refractivity contribution in [1.29, 1.82) is 0 Å². The van der Waals surface area contributed by atoms with Crippen LogP contribution in [0.25, 0.3) is 0 Å². The average molecular weight is 161 g/mol. The van der Waals surface area contributed by atoms with E-state index in [1.54, 1.807) is 7.11 Å². The molecule has 12 heavy (non-hydrogen) atoms. The van der Waals surface area contributed by atoms with Crippen molar-refractivity contribution in [3.05, 3.63) is 29.8 Å². The third-order valence-electron chi connectivity index (χ3n) is 1.70. The first-order valence-electron chi connectivity index (χ1n) is 3.89. The van der Waals surface area contributed by atoms with Crippen LogP contribution in [0.4, 0.5) is 0 Å². The summed E-state index contributed by atoms with van der Waals surface area (Å²) in [7, 11) is 3.62. The quantitative estimate of drug-likeness (QED) is 0.347. The van der Waals surface area contributed by atoms with Gasteiger partial charge in [0, 0.05) is 0 Å². The predicted octanol–water partition coefficient (Wildman–Crippen LogP) is 0.315. The molecular weight excluding hydrogens is 149 g/mol. The summed E-state index contributed by atoms with van der Waals surface area (Å²) in [6.45, 7) is 1.92. The SMILES string of the molecule is Bc1ccc(/C(C)=N/OC)cc1. The van der Waals surface area contributed by atoms with Crippen molar-refractivity contribution in [1.82, 2.24) is 0 Å². The van der Waals surface area contributed by atoms with Gasteiger partial charge in [-0.1, -0.05) is 34.9 Å². The second-order valence-electron chi connectivity index (χ2n) is 2.73. The lowest BCUT2D eigenvalue weighted by atomic mass is 9.95. The van der Waals surface area contributed by atoms with E-state index in [-0.39, 0.29) is 0 Å². The maximum Gasteiger partial charge on any atom is 0.139 e. The highest BCUT2D eigenvalue weighted by Crippen LogP contribution is 1.98. The molecule has 62 valence electrons. The van der Waals surface area contributed by atoms with Gasteiger partial charge in [0.2, 0.25) is 0 Å². The third kappa shape index (κ3) is 2.12. The van der Waals surface area contributed by atoms with Crippen molar-refractivity contribution in [3.8, 4) is 0 Å². The molecule has 0 amide bonds. The van der Waals surface area contributed by atoms with E-state index >= 15 is 0 Å². The van der Waals surface area contributed by atoms with E-state index < -0.39 is 0 Å². The molecule has 0 spiro atoms. The minimum Gasteiger partial charge on any atom is -0.399 e. The first-order valence-corrected chi connectivity index (χ1v) is 3.89. The van der Waals surface area contributed by atoms with Crippen LogP contribution in [0.3, 0.4) is 0 Å². The molecule has 0 saturated carbocycles. The summed E-state index contributed by atoms with van der Waals surface area (Å²) in [5, 5.41) is 3.84. The van der Waals surface area contributed by atoms with E-state index in [1.165, 1.54) is 5.46 Å². The molecule has 0 saturated heterocycles. The van der Waals surface area contributed by atoms with Crippen molar-refractivity contribution < 1.29 is 4.84 Å². The Balaban J connectivity index is 2.89. The number of benzene rings is 1. The molecule has 0 aromatic heterocycles. The summed E-state index contributed by atoms with van der Waals surface area (Å²) >= 11 is 0. The Labute approximate surface area is 73.6 Å². The van der Waals surface area contributed by atoms with E-state index in [0.717, 1.165) is 11.3 Å². The smallest absolute Gasteiger partial charge is 0.139 e. The zero-order valence-corrected chi connectivity index (χ0v) is 7.66. The summed E-state index contributed by atoms with van der Waals surface area (Å²) in [6.07, 6.45) is 0. The number of rotatable bonds is 2. The molecule has 0 fully saturated rings. The first kappa shape index (κ1) is 8.85. The number of nitrogens with zero attached hydrogens (tertiary/aromatic N) is 1. The highest BCUT2D eigenvalue weighted by Gasteiger charge is 1.95. The van der Waals surface area contributed by atoms with Gasteiger partial charge in [0.25, 0.3) is 0 Å². The Morgan fingerprint density at radius 3 is 2.42 bits per heavy atom. The maximum atomic E-state index is 4.68. The predicted molar refractivity (Wildman–Crippen MR) is 53.8 cm³/mol. The number of hydrogen-bond donors (Lipinski definition) is 0. The van der Waals surface area contributed by atoms with Crippen LogP contribution in [-0.4, -0.2) is 20.7 Å². The van der Waals surface area contributed by atoms with Crippen LogP contribution in [-0.2, 0) is 4.84 Å². The van der Waals surface area contributed by atoms with Gasteiger partial charge in [-0.2, -0.15) is 0 Å². The normalized spacial score (nSPS) is 11.3. The molecule has 3 heteroatoms. The topological polar surface area (TPSA) is 21.6 Å². The number of oxime groups is 1. The first-order chi connectivity index (χ1) is 5.74. The molecule has 0 aliphatic rings. The van der Waals surface area contributed by atoms with E-state index in [4.69, 9.17) is 0 Å². The second kappa shape index (κ2) is 3.95. The summed E-state index contributed by atoms with van der Waals surface area (Å²) in [4.78, 5) is 4.68. The van der Waals surface area contributed by atoms with Gasteiger partial charge in [-0.25, -0.2) is 0 Å². The van der Waals surface area contributed by atoms with E-state index in [0.29, 0.717) is 0 Å². The fraction of sp³-hybridized carbons (Fsp3) is 0.222. The van der Waals surface area contributed by atoms with Crippen LogP contribution in [0.1, 0.15) is 12.5 Å². The van der Waals surface area contributed by atoms with Gasteiger partial charge < -0.3 is 4.84 Å². The van der Waals surface area contributed by atoms with Crippen LogP contribution >= 0.6 is 0 Å². The Morgan fingerprint density at radius 1 is 1.33 bits per heavy atom. The molecule has 0 unspecified atom stereocenters. The van der Waals surface area contributed by atoms with Gasteiger partial charge in [0.1, 0.15) is 15.0 Å². The highest BCUT2D eigenvalue weighted by atomic mass is 16.6. The molecule has 0 N–H and O–H groups in total. The van der Waals surface area contributed by atoms with Crippen molar-refractivity contribution in [2.24, 2.45) is 5.16 Å². The monoisotopic (exact) mass is 161 g/mol. The fourth-order valence-electron chi connectivity index (χ4n) is 0.984. The Kier molecular flexibility index (Phi) is 2.91. The fourth-order valence-corrected chi connectivity index (χ4v) is 0.984. The van der Waals surface area contributed by atoms with Crippen molar-refractivity contribution in [2.75, 3.05) is 7.11 Å². The Bertz CT molecular complexity index is 279. The average Bonchev–Trinajstić information content (AvgIpc) is 2.06. The summed E-state index contributed by atoms with van der Waals surface area (Å²) in [5.41, 5.74) is 3.25. The third-order valence-corrected chi connectivity index (χ3v) is 1.70. The molecule has 0 heterocycles. The van der Waals surface area contributed by atoms with Crippen molar-refractivity contribution in [2.45, 2.75) is 6.92 Å². The molecule has 0 aliphatic heterocycles. The summed E-state index contributed by atoms with van der Waals surface area (Å²) in [6, 6.07) is 8.19. The van der Waals surface area contributed by atoms with Crippen LogP contribution < -0.4 is 5.46 Å². The zero-order chi connectivity index (χ0) is 8.97. The molecule has 1 aromatic carbocycles. The van der Waals surface area contributed by atoms with Gasteiger partial charge >= 0.3 is 0 Å². The molecule has 1 rings (SSSR count). The molecule has 0 atom stereocenters. The molecular formula is C9H12BNO. The van der Waals surface area contributed by atoms with Crippen LogP contribution in [0.2, 0.25) is 0 Å². The summed E-state index contributed by atoms with van der Waals surface area (Å²) < 4.78 is 0. The lowest BCUT2D eigenvalue weighted by Crippen LogP contribution is -2.03. The van der Waals surface area contributed by atoms with Crippen molar-refractivity contribution >= 4 is 19.0 Å². The molecule has 0 radical (unpaired) electrons. The lowest BCUT2D eigenvalue weighted by molar-refractivity contribution is 0.213. The standard InChI is InChI=1S/C9H12BNO/c1-7(11-12-2)8-3-5-9(10)6-4-8/h3-6H,10H2,1-2H3/b11-7+. The van der Waals surface area contributed by atoms with Crippen molar-refractivity contribution in [3.63, 3.8) is 0 Å². The van der Waals surface area contributed by atoms with Crippen LogP contribution in [0.5, 0.6) is 0 Å². The van der Waals surface area contributed by atoms with E-state index in [1.807, 2.05) is 19.1 Å². The van der Waals surface area contributed by atoms with E-state index in [9.17, 15) is 0 Å². The van der Waals surface area contributed by atoms with Gasteiger partial charge in [-0.05, 0) is 12.5 Å². The summed E-state index contributed by atoms with van der Waals surface area (Å²) in [5.74, 6) is 0. The van der Waals surface area contributed by atoms with Crippen LogP contribution in [0.15, 0.2) is 29.4 Å². The highest BCUT2D eigenvalue weighted by molar-refractivity contribution is 6.32. The minimum atomic E-state index is 0.900.